The fourth-order valence-corrected chi connectivity index (χ4v) is 4.68. The Morgan fingerprint density at radius 3 is 2.82 bits per heavy atom. The Labute approximate surface area is 166 Å². The van der Waals surface area contributed by atoms with E-state index in [4.69, 9.17) is 0 Å². The number of carbonyl (C=O) groups excluding carboxylic acids is 2. The monoisotopic (exact) mass is 423 g/mol. The number of fused-ring (bicyclic) bond motifs is 1. The van der Waals surface area contributed by atoms with Gasteiger partial charge in [-0.3, -0.25) is 9.59 Å². The highest BCUT2D eigenvalue weighted by Crippen LogP contribution is 2.33. The molecule has 0 unspecified atom stereocenters. The lowest BCUT2D eigenvalue weighted by molar-refractivity contribution is -0.116. The number of rotatable bonds is 5. The quantitative estimate of drug-likeness (QED) is 0.771. The van der Waals surface area contributed by atoms with Crippen LogP contribution in [0.4, 0.5) is 15.8 Å². The first kappa shape index (κ1) is 20.3. The average molecular weight is 423 g/mol. The first-order chi connectivity index (χ1) is 13.3. The molecule has 1 aliphatic heterocycles. The molecule has 0 aromatic heterocycles. The number of sulfonamides is 1. The van der Waals surface area contributed by atoms with Gasteiger partial charge in [-0.2, -0.15) is 4.31 Å². The molecule has 0 aliphatic carbocycles. The molecule has 0 saturated carbocycles. The molecule has 2 aromatic carbocycles. The summed E-state index contributed by atoms with van der Waals surface area (Å²) in [6, 6.07) is 9.79. The number of carbonyl (C=O) groups is 2. The molecule has 1 heterocycles. The van der Waals surface area contributed by atoms with Crippen LogP contribution in [0.3, 0.4) is 0 Å². The number of nitrogens with zero attached hydrogens (tertiary/aromatic N) is 1. The van der Waals surface area contributed by atoms with E-state index in [-0.39, 0.29) is 16.5 Å². The van der Waals surface area contributed by atoms with Gasteiger partial charge in [0.25, 0.3) is 0 Å². The number of amides is 2. The van der Waals surface area contributed by atoms with E-state index in [1.54, 1.807) is 6.07 Å². The third kappa shape index (κ3) is 4.70. The lowest BCUT2D eigenvalue weighted by atomic mass is 10.3. The van der Waals surface area contributed by atoms with E-state index in [1.165, 1.54) is 49.1 Å². The standard InChI is InChI=1S/C18H18FN3O4S2/c1-22(11-18(24)20-13-4-2-3-12(19)9-13)28(25,26)14-5-6-16-15(10-14)21-17(23)7-8-27-16/h2-6,9-10H,7-8,11H2,1H3,(H,20,24)(H,21,23). The maximum atomic E-state index is 13.2. The Morgan fingerprint density at radius 2 is 2.07 bits per heavy atom. The summed E-state index contributed by atoms with van der Waals surface area (Å²) < 4.78 is 39.7. The van der Waals surface area contributed by atoms with E-state index in [1.807, 2.05) is 0 Å². The summed E-state index contributed by atoms with van der Waals surface area (Å²) in [5.74, 6) is -0.673. The molecule has 2 N–H and O–H groups in total. The Bertz CT molecular complexity index is 1030. The smallest absolute Gasteiger partial charge is 0.243 e. The second-order valence-corrected chi connectivity index (χ2v) is 9.31. The maximum absolute atomic E-state index is 13.2. The second-order valence-electron chi connectivity index (χ2n) is 6.12. The van der Waals surface area contributed by atoms with Gasteiger partial charge in [-0.15, -0.1) is 11.8 Å². The highest BCUT2D eigenvalue weighted by molar-refractivity contribution is 7.99. The van der Waals surface area contributed by atoms with Gasteiger partial charge in [-0.25, -0.2) is 12.8 Å². The third-order valence-corrected chi connectivity index (χ3v) is 6.87. The molecular formula is C18H18FN3O4S2. The van der Waals surface area contributed by atoms with E-state index >= 15 is 0 Å². The zero-order valence-electron chi connectivity index (χ0n) is 14.9. The van der Waals surface area contributed by atoms with Crippen LogP contribution in [0.25, 0.3) is 0 Å². The Morgan fingerprint density at radius 1 is 1.29 bits per heavy atom. The molecular weight excluding hydrogens is 405 g/mol. The zero-order chi connectivity index (χ0) is 20.3. The molecule has 148 valence electrons. The molecule has 0 fully saturated rings. The van der Waals surface area contributed by atoms with Gasteiger partial charge in [0, 0.05) is 29.8 Å². The first-order valence-electron chi connectivity index (χ1n) is 8.34. The van der Waals surface area contributed by atoms with Crippen LogP contribution >= 0.6 is 11.8 Å². The van der Waals surface area contributed by atoms with Gasteiger partial charge in [0.1, 0.15) is 5.82 Å². The van der Waals surface area contributed by atoms with Crippen molar-refractivity contribution in [3.8, 4) is 0 Å². The van der Waals surface area contributed by atoms with Crippen LogP contribution in [0.1, 0.15) is 6.42 Å². The summed E-state index contributed by atoms with van der Waals surface area (Å²) in [5, 5.41) is 5.15. The van der Waals surface area contributed by atoms with Crippen LogP contribution in [0.2, 0.25) is 0 Å². The molecule has 2 amide bonds. The number of nitrogens with one attached hydrogen (secondary N) is 2. The number of anilines is 2. The first-order valence-corrected chi connectivity index (χ1v) is 10.8. The molecule has 0 radical (unpaired) electrons. The van der Waals surface area contributed by atoms with Crippen molar-refractivity contribution < 1.29 is 22.4 Å². The molecule has 28 heavy (non-hydrogen) atoms. The number of thioether (sulfide) groups is 1. The second kappa shape index (κ2) is 8.29. The zero-order valence-corrected chi connectivity index (χ0v) is 16.6. The molecule has 0 saturated heterocycles. The largest absolute Gasteiger partial charge is 0.325 e. The normalized spacial score (nSPS) is 14.2. The minimum absolute atomic E-state index is 0.0323. The summed E-state index contributed by atoms with van der Waals surface area (Å²) in [4.78, 5) is 24.6. The van der Waals surface area contributed by atoms with Crippen molar-refractivity contribution in [2.75, 3.05) is 30.0 Å². The predicted molar refractivity (Wildman–Crippen MR) is 105 cm³/mol. The number of halogens is 1. The number of benzene rings is 2. The topological polar surface area (TPSA) is 95.6 Å². The number of hydrogen-bond acceptors (Lipinski definition) is 5. The van der Waals surface area contributed by atoms with Crippen LogP contribution in [-0.4, -0.2) is 43.9 Å². The van der Waals surface area contributed by atoms with E-state index in [0.717, 1.165) is 15.3 Å². The van der Waals surface area contributed by atoms with Crippen molar-refractivity contribution in [3.05, 3.63) is 48.3 Å². The van der Waals surface area contributed by atoms with Crippen molar-refractivity contribution in [1.82, 2.24) is 4.31 Å². The van der Waals surface area contributed by atoms with Gasteiger partial charge in [-0.1, -0.05) is 6.07 Å². The van der Waals surface area contributed by atoms with Gasteiger partial charge < -0.3 is 10.6 Å². The molecule has 0 atom stereocenters. The molecule has 7 nitrogen and oxygen atoms in total. The summed E-state index contributed by atoms with van der Waals surface area (Å²) in [7, 11) is -2.68. The molecule has 1 aliphatic rings. The summed E-state index contributed by atoms with van der Waals surface area (Å²) in [6.07, 6.45) is 0.349. The lowest BCUT2D eigenvalue weighted by Gasteiger charge is -2.18. The molecule has 0 bridgehead atoms. The number of hydrogen-bond donors (Lipinski definition) is 2. The van der Waals surface area contributed by atoms with E-state index in [0.29, 0.717) is 17.9 Å². The van der Waals surface area contributed by atoms with Gasteiger partial charge >= 0.3 is 0 Å². The average Bonchev–Trinajstić information content (AvgIpc) is 2.81. The number of likely N-dealkylation sites (N-methyl/N-ethyl adjacent to an activating group) is 1. The minimum atomic E-state index is -3.96. The van der Waals surface area contributed by atoms with Crippen molar-refractivity contribution in [2.24, 2.45) is 0 Å². The summed E-state index contributed by atoms with van der Waals surface area (Å²) in [5.41, 5.74) is 0.673. The van der Waals surface area contributed by atoms with Crippen LogP contribution in [-0.2, 0) is 19.6 Å². The lowest BCUT2D eigenvalue weighted by Crippen LogP contribution is -2.35. The Kier molecular flexibility index (Phi) is 6.01. The van der Waals surface area contributed by atoms with Gasteiger partial charge in [0.15, 0.2) is 0 Å². The maximum Gasteiger partial charge on any atom is 0.243 e. The summed E-state index contributed by atoms with van der Waals surface area (Å²) >= 11 is 1.47. The minimum Gasteiger partial charge on any atom is -0.325 e. The van der Waals surface area contributed by atoms with Crippen molar-refractivity contribution in [2.45, 2.75) is 16.2 Å². The van der Waals surface area contributed by atoms with Crippen LogP contribution in [0, 0.1) is 5.82 Å². The van der Waals surface area contributed by atoms with E-state index < -0.39 is 28.3 Å². The fourth-order valence-electron chi connectivity index (χ4n) is 2.59. The van der Waals surface area contributed by atoms with Crippen molar-refractivity contribution in [1.29, 1.82) is 0 Å². The van der Waals surface area contributed by atoms with Crippen molar-refractivity contribution >= 4 is 45.0 Å². The highest BCUT2D eigenvalue weighted by Gasteiger charge is 2.25. The van der Waals surface area contributed by atoms with Gasteiger partial charge in [0.05, 0.1) is 17.1 Å². The highest BCUT2D eigenvalue weighted by atomic mass is 32.2. The fraction of sp³-hybridized carbons (Fsp3) is 0.222. The summed E-state index contributed by atoms with van der Waals surface area (Å²) in [6.45, 7) is -0.447. The van der Waals surface area contributed by atoms with Crippen LogP contribution in [0.5, 0.6) is 0 Å². The third-order valence-electron chi connectivity index (χ3n) is 3.99. The van der Waals surface area contributed by atoms with Gasteiger partial charge in [-0.05, 0) is 36.4 Å². The van der Waals surface area contributed by atoms with Crippen LogP contribution in [0.15, 0.2) is 52.3 Å². The van der Waals surface area contributed by atoms with Gasteiger partial charge in [0.2, 0.25) is 21.8 Å². The molecule has 2 aromatic rings. The predicted octanol–water partition coefficient (Wildman–Crippen LogP) is 2.52. The van der Waals surface area contributed by atoms with Crippen molar-refractivity contribution in [3.63, 3.8) is 0 Å². The Balaban J connectivity index is 1.74. The molecule has 3 rings (SSSR count). The van der Waals surface area contributed by atoms with E-state index in [2.05, 4.69) is 10.6 Å². The molecule has 10 heteroatoms. The Hall–Kier alpha value is -2.43. The van der Waals surface area contributed by atoms with E-state index in [9.17, 15) is 22.4 Å². The molecule has 0 spiro atoms. The van der Waals surface area contributed by atoms with Crippen LogP contribution < -0.4 is 10.6 Å². The SMILES string of the molecule is CN(CC(=O)Nc1cccc(F)c1)S(=O)(=O)c1ccc2c(c1)NC(=O)CCS2.